The number of methoxy groups -OCH3 is 1. The first kappa shape index (κ1) is 14.9. The fourth-order valence-corrected chi connectivity index (χ4v) is 3.38. The zero-order valence-electron chi connectivity index (χ0n) is 11.7. The maximum atomic E-state index is 12.1. The highest BCUT2D eigenvalue weighted by molar-refractivity contribution is 7.83. The molecule has 0 amide bonds. The van der Waals surface area contributed by atoms with E-state index in [0.29, 0.717) is 17.3 Å². The van der Waals surface area contributed by atoms with Crippen LogP contribution in [0.3, 0.4) is 0 Å². The molecular weight excluding hydrogens is 294 g/mol. The van der Waals surface area contributed by atoms with Gasteiger partial charge in [0.2, 0.25) is 5.13 Å². The number of hydrogen-bond acceptors (Lipinski definition) is 6. The molecule has 0 aliphatic carbocycles. The van der Waals surface area contributed by atoms with E-state index in [4.69, 9.17) is 4.74 Å². The highest BCUT2D eigenvalue weighted by Gasteiger charge is 2.10. The van der Waals surface area contributed by atoms with Crippen molar-refractivity contribution in [1.82, 2.24) is 9.36 Å². The zero-order valence-corrected chi connectivity index (χ0v) is 13.3. The minimum Gasteiger partial charge on any atom is -0.497 e. The molecule has 7 heteroatoms. The van der Waals surface area contributed by atoms with Crippen LogP contribution in [0.15, 0.2) is 24.3 Å². The summed E-state index contributed by atoms with van der Waals surface area (Å²) < 4.78 is 21.5. The van der Waals surface area contributed by atoms with Gasteiger partial charge in [-0.2, -0.15) is 4.37 Å². The Morgan fingerprint density at radius 1 is 1.35 bits per heavy atom. The van der Waals surface area contributed by atoms with Gasteiger partial charge in [-0.05, 0) is 17.7 Å². The van der Waals surface area contributed by atoms with E-state index in [2.05, 4.69) is 9.36 Å². The van der Waals surface area contributed by atoms with Gasteiger partial charge in [0.05, 0.1) is 12.9 Å². The second-order valence-corrected chi connectivity index (χ2v) is 6.65. The molecule has 0 spiro atoms. The SMILES string of the molecule is COc1cccc(C[S@](=O)Cc2nsc(N(C)C)n2)c1. The van der Waals surface area contributed by atoms with Crippen LogP contribution in [0, 0.1) is 0 Å². The second-order valence-electron chi connectivity index (χ2n) is 4.47. The molecule has 0 unspecified atom stereocenters. The molecule has 0 radical (unpaired) electrons. The first-order valence-electron chi connectivity index (χ1n) is 6.06. The van der Waals surface area contributed by atoms with Crippen LogP contribution in [-0.2, 0) is 22.3 Å². The van der Waals surface area contributed by atoms with Crippen molar-refractivity contribution >= 4 is 27.5 Å². The number of hydrogen-bond donors (Lipinski definition) is 0. The first-order chi connectivity index (χ1) is 9.58. The van der Waals surface area contributed by atoms with Crippen molar-refractivity contribution in [2.75, 3.05) is 26.1 Å². The predicted octanol–water partition coefficient (Wildman–Crippen LogP) is 2.06. The molecule has 0 saturated carbocycles. The van der Waals surface area contributed by atoms with Crippen molar-refractivity contribution in [1.29, 1.82) is 0 Å². The summed E-state index contributed by atoms with van der Waals surface area (Å²) in [5.41, 5.74) is 0.991. The highest BCUT2D eigenvalue weighted by Crippen LogP contribution is 2.17. The molecule has 1 aromatic carbocycles. The van der Waals surface area contributed by atoms with Gasteiger partial charge in [0.25, 0.3) is 0 Å². The fraction of sp³-hybridized carbons (Fsp3) is 0.385. The van der Waals surface area contributed by atoms with Gasteiger partial charge < -0.3 is 9.64 Å². The third kappa shape index (κ3) is 4.01. The molecule has 1 aromatic heterocycles. The molecule has 20 heavy (non-hydrogen) atoms. The number of benzene rings is 1. The lowest BCUT2D eigenvalue weighted by molar-refractivity contribution is 0.414. The van der Waals surface area contributed by atoms with Crippen LogP contribution in [0.5, 0.6) is 5.75 Å². The predicted molar refractivity (Wildman–Crippen MR) is 82.8 cm³/mol. The van der Waals surface area contributed by atoms with E-state index in [0.717, 1.165) is 16.4 Å². The fourth-order valence-electron chi connectivity index (χ4n) is 1.63. The third-order valence-electron chi connectivity index (χ3n) is 2.59. The lowest BCUT2D eigenvalue weighted by atomic mass is 10.2. The molecule has 2 rings (SSSR count). The average Bonchev–Trinajstić information content (AvgIpc) is 2.87. The Balaban J connectivity index is 1.97. The van der Waals surface area contributed by atoms with E-state index < -0.39 is 10.8 Å². The molecule has 0 fully saturated rings. The largest absolute Gasteiger partial charge is 0.497 e. The third-order valence-corrected chi connectivity index (χ3v) is 4.75. The number of rotatable bonds is 6. The van der Waals surface area contributed by atoms with Crippen LogP contribution in [-0.4, -0.2) is 34.8 Å². The Bertz CT molecular complexity index is 599. The van der Waals surface area contributed by atoms with Crippen molar-refractivity contribution < 1.29 is 8.95 Å². The Morgan fingerprint density at radius 2 is 2.15 bits per heavy atom. The lowest BCUT2D eigenvalue weighted by Gasteiger charge is -2.05. The van der Waals surface area contributed by atoms with Gasteiger partial charge in [-0.25, -0.2) is 4.98 Å². The summed E-state index contributed by atoms with van der Waals surface area (Å²) >= 11 is 1.32. The van der Waals surface area contributed by atoms with E-state index in [1.807, 2.05) is 43.3 Å². The maximum absolute atomic E-state index is 12.1. The van der Waals surface area contributed by atoms with Gasteiger partial charge in [-0.3, -0.25) is 4.21 Å². The topological polar surface area (TPSA) is 55.3 Å². The summed E-state index contributed by atoms with van der Waals surface area (Å²) in [5, 5.41) is 0.832. The molecule has 0 saturated heterocycles. The van der Waals surface area contributed by atoms with E-state index in [9.17, 15) is 4.21 Å². The number of aromatic nitrogens is 2. The molecule has 5 nitrogen and oxygen atoms in total. The van der Waals surface area contributed by atoms with Gasteiger partial charge in [-0.1, -0.05) is 12.1 Å². The van der Waals surface area contributed by atoms with Gasteiger partial charge in [0.15, 0.2) is 5.82 Å². The molecule has 0 bridgehead atoms. The second kappa shape index (κ2) is 6.81. The Kier molecular flexibility index (Phi) is 5.08. The summed E-state index contributed by atoms with van der Waals surface area (Å²) in [5.74, 6) is 2.27. The van der Waals surface area contributed by atoms with Crippen molar-refractivity contribution in [2.24, 2.45) is 0 Å². The minimum atomic E-state index is -1.02. The van der Waals surface area contributed by atoms with Crippen LogP contribution < -0.4 is 9.64 Å². The summed E-state index contributed by atoms with van der Waals surface area (Å²) in [6, 6.07) is 7.62. The van der Waals surface area contributed by atoms with Crippen LogP contribution in [0.25, 0.3) is 0 Å². The first-order valence-corrected chi connectivity index (χ1v) is 8.32. The molecule has 0 N–H and O–H groups in total. The van der Waals surface area contributed by atoms with E-state index in [-0.39, 0.29) is 0 Å². The average molecular weight is 311 g/mol. The molecule has 1 atom stereocenters. The van der Waals surface area contributed by atoms with E-state index >= 15 is 0 Å². The van der Waals surface area contributed by atoms with Gasteiger partial charge in [0.1, 0.15) is 5.75 Å². The van der Waals surface area contributed by atoms with Crippen molar-refractivity contribution in [3.63, 3.8) is 0 Å². The molecule has 1 heterocycles. The van der Waals surface area contributed by atoms with Crippen LogP contribution in [0.1, 0.15) is 11.4 Å². The van der Waals surface area contributed by atoms with Gasteiger partial charge in [0, 0.05) is 42.2 Å². The highest BCUT2D eigenvalue weighted by atomic mass is 32.2. The lowest BCUT2D eigenvalue weighted by Crippen LogP contribution is -2.08. The van der Waals surface area contributed by atoms with Crippen molar-refractivity contribution in [3.05, 3.63) is 35.7 Å². The van der Waals surface area contributed by atoms with Crippen LogP contribution >= 0.6 is 11.5 Å². The Morgan fingerprint density at radius 3 is 2.80 bits per heavy atom. The molecular formula is C13H17N3O2S2. The van der Waals surface area contributed by atoms with Crippen molar-refractivity contribution in [2.45, 2.75) is 11.5 Å². The number of ether oxygens (including phenoxy) is 1. The van der Waals surface area contributed by atoms with Crippen molar-refractivity contribution in [3.8, 4) is 5.75 Å². The smallest absolute Gasteiger partial charge is 0.204 e. The minimum absolute atomic E-state index is 0.377. The standard InChI is InChI=1S/C13H17N3O2S2/c1-16(2)13-14-12(15-19-13)9-20(17)8-10-5-4-6-11(7-10)18-3/h4-7H,8-9H2,1-3H3/t20-/m0/s1. The molecule has 0 aliphatic rings. The van der Waals surface area contributed by atoms with Crippen LogP contribution in [0.4, 0.5) is 5.13 Å². The van der Waals surface area contributed by atoms with Crippen LogP contribution in [0.2, 0.25) is 0 Å². The molecule has 0 aliphatic heterocycles. The summed E-state index contributed by atoms with van der Waals surface area (Å²) in [7, 11) is 4.43. The zero-order chi connectivity index (χ0) is 14.5. The van der Waals surface area contributed by atoms with E-state index in [1.165, 1.54) is 11.5 Å². The number of nitrogens with zero attached hydrogens (tertiary/aromatic N) is 3. The maximum Gasteiger partial charge on any atom is 0.204 e. The van der Waals surface area contributed by atoms with E-state index in [1.54, 1.807) is 7.11 Å². The van der Waals surface area contributed by atoms with Gasteiger partial charge >= 0.3 is 0 Å². The molecule has 108 valence electrons. The normalized spacial score (nSPS) is 12.2. The summed E-state index contributed by atoms with van der Waals surface area (Å²) in [6.07, 6.45) is 0. The summed E-state index contributed by atoms with van der Waals surface area (Å²) in [4.78, 5) is 6.24. The molecule has 2 aromatic rings. The Labute approximate surface area is 125 Å². The summed E-state index contributed by atoms with van der Waals surface area (Å²) in [6.45, 7) is 0. The Hall–Kier alpha value is -1.47. The van der Waals surface area contributed by atoms with Gasteiger partial charge in [-0.15, -0.1) is 0 Å². The quantitative estimate of drug-likeness (QED) is 0.817. The monoisotopic (exact) mass is 311 g/mol. The number of anilines is 1.